The third-order valence-corrected chi connectivity index (χ3v) is 5.72. The topological polar surface area (TPSA) is 44.8 Å². The summed E-state index contributed by atoms with van der Waals surface area (Å²) in [4.78, 5) is 16.8. The van der Waals surface area contributed by atoms with Gasteiger partial charge in [-0.25, -0.2) is 4.79 Å². The number of piperazine rings is 1. The van der Waals surface area contributed by atoms with Gasteiger partial charge < -0.3 is 19.9 Å². The van der Waals surface area contributed by atoms with Crippen molar-refractivity contribution in [1.29, 1.82) is 0 Å². The second kappa shape index (κ2) is 8.02. The minimum absolute atomic E-state index is 0.00999. The first-order valence-electron chi connectivity index (χ1n) is 8.79. The van der Waals surface area contributed by atoms with E-state index in [4.69, 9.17) is 27.9 Å². The summed E-state index contributed by atoms with van der Waals surface area (Å²) in [6, 6.07) is 5.49. The molecule has 1 saturated heterocycles. The van der Waals surface area contributed by atoms with Crippen LogP contribution in [0.5, 0.6) is 0 Å². The van der Waals surface area contributed by atoms with Crippen molar-refractivity contribution < 1.29 is 9.53 Å². The van der Waals surface area contributed by atoms with Crippen molar-refractivity contribution in [3.8, 4) is 0 Å². The van der Waals surface area contributed by atoms with Gasteiger partial charge in [0.1, 0.15) is 0 Å². The number of nitrogens with zero attached hydrogens (tertiary/aromatic N) is 2. The zero-order valence-corrected chi connectivity index (χ0v) is 16.1. The van der Waals surface area contributed by atoms with Crippen LogP contribution >= 0.6 is 23.2 Å². The van der Waals surface area contributed by atoms with Crippen molar-refractivity contribution in [1.82, 2.24) is 10.2 Å². The molecule has 3 rings (SSSR count). The zero-order chi connectivity index (χ0) is 17.9. The molecule has 5 nitrogen and oxygen atoms in total. The molecule has 25 heavy (non-hydrogen) atoms. The highest BCUT2D eigenvalue weighted by atomic mass is 35.5. The number of anilines is 1. The van der Waals surface area contributed by atoms with Crippen LogP contribution in [0.4, 0.5) is 10.5 Å². The number of amides is 2. The van der Waals surface area contributed by atoms with E-state index in [1.54, 1.807) is 13.2 Å². The van der Waals surface area contributed by atoms with Gasteiger partial charge in [-0.2, -0.15) is 0 Å². The standard InChI is InChI=1S/C18H25Cl2N3O2/c1-25-13-18(6-2-3-7-18)21-17(24)23-10-8-22(9-11-23)16-12-14(19)4-5-15(16)20/h4-5,12H,2-3,6-11,13H2,1H3,(H,21,24). The Balaban J connectivity index is 1.58. The highest BCUT2D eigenvalue weighted by molar-refractivity contribution is 6.35. The second-order valence-corrected chi connectivity index (χ2v) is 7.76. The Labute approximate surface area is 159 Å². The molecule has 1 N–H and O–H groups in total. The van der Waals surface area contributed by atoms with Crippen LogP contribution in [0.25, 0.3) is 0 Å². The van der Waals surface area contributed by atoms with Gasteiger partial charge >= 0.3 is 6.03 Å². The van der Waals surface area contributed by atoms with Gasteiger partial charge in [0.15, 0.2) is 0 Å². The van der Waals surface area contributed by atoms with Gasteiger partial charge in [-0.15, -0.1) is 0 Å². The number of ether oxygens (including phenoxy) is 1. The van der Waals surface area contributed by atoms with E-state index in [1.807, 2.05) is 17.0 Å². The monoisotopic (exact) mass is 385 g/mol. The average Bonchev–Trinajstić information content (AvgIpc) is 3.05. The molecular weight excluding hydrogens is 361 g/mol. The summed E-state index contributed by atoms with van der Waals surface area (Å²) >= 11 is 12.4. The van der Waals surface area contributed by atoms with Crippen LogP contribution in [0, 0.1) is 0 Å². The number of urea groups is 1. The fourth-order valence-electron chi connectivity index (χ4n) is 3.82. The quantitative estimate of drug-likeness (QED) is 0.857. The van der Waals surface area contributed by atoms with Crippen molar-refractivity contribution >= 4 is 34.9 Å². The van der Waals surface area contributed by atoms with Gasteiger partial charge in [0.2, 0.25) is 0 Å². The molecular formula is C18H25Cl2N3O2. The normalized spacial score (nSPS) is 20.0. The number of carbonyl (C=O) groups excluding carboxylic acids is 1. The van der Waals surface area contributed by atoms with Crippen LogP contribution in [0.2, 0.25) is 10.0 Å². The van der Waals surface area contributed by atoms with E-state index in [1.165, 1.54) is 0 Å². The first-order chi connectivity index (χ1) is 12.0. The molecule has 1 heterocycles. The number of nitrogens with one attached hydrogen (secondary N) is 1. The molecule has 2 fully saturated rings. The predicted molar refractivity (Wildman–Crippen MR) is 102 cm³/mol. The first-order valence-corrected chi connectivity index (χ1v) is 9.55. The van der Waals surface area contributed by atoms with E-state index in [2.05, 4.69) is 10.2 Å². The van der Waals surface area contributed by atoms with Gasteiger partial charge in [-0.05, 0) is 31.0 Å². The third kappa shape index (κ3) is 4.33. The SMILES string of the molecule is COCC1(NC(=O)N2CCN(c3cc(Cl)ccc3Cl)CC2)CCCC1. The lowest BCUT2D eigenvalue weighted by molar-refractivity contribution is 0.107. The highest BCUT2D eigenvalue weighted by Gasteiger charge is 2.37. The minimum Gasteiger partial charge on any atom is -0.382 e. The molecule has 1 aromatic rings. The summed E-state index contributed by atoms with van der Waals surface area (Å²) in [6.07, 6.45) is 4.27. The molecule has 0 bridgehead atoms. The van der Waals surface area contributed by atoms with Crippen LogP contribution in [-0.4, -0.2) is 56.4 Å². The molecule has 1 aromatic carbocycles. The Morgan fingerprint density at radius 1 is 1.20 bits per heavy atom. The number of hydrogen-bond donors (Lipinski definition) is 1. The van der Waals surface area contributed by atoms with Crippen LogP contribution in [0.1, 0.15) is 25.7 Å². The van der Waals surface area contributed by atoms with Crippen LogP contribution < -0.4 is 10.2 Å². The molecule has 2 aliphatic rings. The average molecular weight is 386 g/mol. The lowest BCUT2D eigenvalue weighted by Crippen LogP contribution is -2.58. The van der Waals surface area contributed by atoms with E-state index in [0.717, 1.165) is 44.5 Å². The number of carbonyl (C=O) groups is 1. The summed E-state index contributed by atoms with van der Waals surface area (Å²) in [5.41, 5.74) is 0.736. The first kappa shape index (κ1) is 18.6. The maximum atomic E-state index is 12.7. The summed E-state index contributed by atoms with van der Waals surface area (Å²) in [7, 11) is 1.69. The Kier molecular flexibility index (Phi) is 5.97. The zero-order valence-electron chi connectivity index (χ0n) is 14.6. The minimum atomic E-state index is -0.195. The number of halogens is 2. The van der Waals surface area contributed by atoms with Gasteiger partial charge in [0.05, 0.1) is 22.9 Å². The molecule has 1 saturated carbocycles. The Morgan fingerprint density at radius 2 is 1.88 bits per heavy atom. The van der Waals surface area contributed by atoms with E-state index in [9.17, 15) is 4.79 Å². The lowest BCUT2D eigenvalue weighted by atomic mass is 9.99. The number of rotatable bonds is 4. The number of benzene rings is 1. The third-order valence-electron chi connectivity index (χ3n) is 5.17. The summed E-state index contributed by atoms with van der Waals surface area (Å²) in [6.45, 7) is 3.39. The largest absolute Gasteiger partial charge is 0.382 e. The molecule has 138 valence electrons. The number of hydrogen-bond acceptors (Lipinski definition) is 3. The Hall–Kier alpha value is -1.17. The summed E-state index contributed by atoms with van der Waals surface area (Å²) in [5.74, 6) is 0. The highest BCUT2D eigenvalue weighted by Crippen LogP contribution is 2.31. The Morgan fingerprint density at radius 3 is 2.52 bits per heavy atom. The van der Waals surface area contributed by atoms with Crippen molar-refractivity contribution in [2.45, 2.75) is 31.2 Å². The molecule has 2 amide bonds. The van der Waals surface area contributed by atoms with Gasteiger partial charge in [0, 0.05) is 38.3 Å². The molecule has 7 heteroatoms. The van der Waals surface area contributed by atoms with Crippen LogP contribution in [0.3, 0.4) is 0 Å². The molecule has 1 aliphatic carbocycles. The molecule has 0 atom stereocenters. The molecule has 0 radical (unpaired) electrons. The van der Waals surface area contributed by atoms with E-state index in [-0.39, 0.29) is 11.6 Å². The summed E-state index contributed by atoms with van der Waals surface area (Å²) < 4.78 is 5.35. The summed E-state index contributed by atoms with van der Waals surface area (Å²) in [5, 5.41) is 4.59. The predicted octanol–water partition coefficient (Wildman–Crippen LogP) is 3.78. The molecule has 0 unspecified atom stereocenters. The fraction of sp³-hybridized carbons (Fsp3) is 0.611. The van der Waals surface area contributed by atoms with E-state index >= 15 is 0 Å². The van der Waals surface area contributed by atoms with Crippen molar-refractivity contribution in [2.24, 2.45) is 0 Å². The molecule has 0 aromatic heterocycles. The van der Waals surface area contributed by atoms with Crippen molar-refractivity contribution in [2.75, 3.05) is 44.8 Å². The van der Waals surface area contributed by atoms with Crippen molar-refractivity contribution in [3.05, 3.63) is 28.2 Å². The van der Waals surface area contributed by atoms with Crippen LogP contribution in [0.15, 0.2) is 18.2 Å². The molecule has 0 spiro atoms. The van der Waals surface area contributed by atoms with E-state index in [0.29, 0.717) is 29.7 Å². The van der Waals surface area contributed by atoms with Gasteiger partial charge in [-0.1, -0.05) is 36.0 Å². The van der Waals surface area contributed by atoms with E-state index < -0.39 is 0 Å². The van der Waals surface area contributed by atoms with Crippen molar-refractivity contribution in [3.63, 3.8) is 0 Å². The maximum absolute atomic E-state index is 12.7. The van der Waals surface area contributed by atoms with Gasteiger partial charge in [-0.3, -0.25) is 0 Å². The maximum Gasteiger partial charge on any atom is 0.318 e. The van der Waals surface area contributed by atoms with Gasteiger partial charge in [0.25, 0.3) is 0 Å². The Bertz CT molecular complexity index is 612. The smallest absolute Gasteiger partial charge is 0.318 e. The lowest BCUT2D eigenvalue weighted by Gasteiger charge is -2.39. The number of methoxy groups -OCH3 is 1. The second-order valence-electron chi connectivity index (χ2n) is 6.92. The molecule has 1 aliphatic heterocycles. The van der Waals surface area contributed by atoms with Crippen LogP contribution in [-0.2, 0) is 4.74 Å². The fourth-order valence-corrected chi connectivity index (χ4v) is 4.22.